The number of rotatable bonds is 5. The third kappa shape index (κ3) is 4.75. The lowest BCUT2D eigenvalue weighted by Crippen LogP contribution is -2.25. The maximum Gasteiger partial charge on any atom is 0.433 e. The summed E-state index contributed by atoms with van der Waals surface area (Å²) in [6.45, 7) is 0.374. The summed E-state index contributed by atoms with van der Waals surface area (Å²) in [5.41, 5.74) is 0.775. The van der Waals surface area contributed by atoms with E-state index in [2.05, 4.69) is 15.3 Å². The standard InChI is InChI=1S/C18H18F3N3OS/c19-18(20,21)16-13-8-4-5-9-14(13)23-17(24-16)26-11-15(25)22-10-12-6-2-1-3-7-12/h1-3,6-7H,4-5,8-11H2,(H,22,25). The van der Waals surface area contributed by atoms with Gasteiger partial charge in [-0.05, 0) is 31.2 Å². The van der Waals surface area contributed by atoms with E-state index in [0.717, 1.165) is 23.7 Å². The van der Waals surface area contributed by atoms with Crippen LogP contribution in [0.5, 0.6) is 0 Å². The number of nitrogens with zero attached hydrogens (tertiary/aromatic N) is 2. The molecule has 138 valence electrons. The van der Waals surface area contributed by atoms with Gasteiger partial charge in [-0.3, -0.25) is 4.79 Å². The summed E-state index contributed by atoms with van der Waals surface area (Å²) in [5.74, 6) is -0.295. The summed E-state index contributed by atoms with van der Waals surface area (Å²) in [6, 6.07) is 9.39. The SMILES string of the molecule is O=C(CSc1nc2c(c(C(F)(F)F)n1)CCCC2)NCc1ccccc1. The molecule has 0 fully saturated rings. The van der Waals surface area contributed by atoms with Crippen molar-refractivity contribution < 1.29 is 18.0 Å². The Morgan fingerprint density at radius 2 is 1.85 bits per heavy atom. The van der Waals surface area contributed by atoms with E-state index in [0.29, 0.717) is 31.5 Å². The molecule has 0 aliphatic heterocycles. The minimum atomic E-state index is -4.50. The summed E-state index contributed by atoms with van der Waals surface area (Å²) < 4.78 is 39.9. The van der Waals surface area contributed by atoms with Crippen LogP contribution in [0.15, 0.2) is 35.5 Å². The molecule has 1 aliphatic carbocycles. The lowest BCUT2D eigenvalue weighted by Gasteiger charge is -2.20. The van der Waals surface area contributed by atoms with Crippen LogP contribution in [0.1, 0.15) is 35.4 Å². The lowest BCUT2D eigenvalue weighted by molar-refractivity contribution is -0.142. The van der Waals surface area contributed by atoms with Crippen molar-refractivity contribution in [1.29, 1.82) is 0 Å². The third-order valence-electron chi connectivity index (χ3n) is 4.10. The highest BCUT2D eigenvalue weighted by Crippen LogP contribution is 2.35. The first-order valence-corrected chi connectivity index (χ1v) is 9.32. The van der Waals surface area contributed by atoms with Gasteiger partial charge in [0.05, 0.1) is 5.75 Å². The van der Waals surface area contributed by atoms with Crippen molar-refractivity contribution in [2.24, 2.45) is 0 Å². The highest BCUT2D eigenvalue weighted by atomic mass is 32.2. The van der Waals surface area contributed by atoms with Gasteiger partial charge < -0.3 is 5.32 Å². The molecule has 3 rings (SSSR count). The highest BCUT2D eigenvalue weighted by molar-refractivity contribution is 7.99. The fourth-order valence-corrected chi connectivity index (χ4v) is 3.54. The summed E-state index contributed by atoms with van der Waals surface area (Å²) in [4.78, 5) is 19.9. The average molecular weight is 381 g/mol. The quantitative estimate of drug-likeness (QED) is 0.633. The molecule has 0 radical (unpaired) electrons. The molecule has 2 aromatic rings. The highest BCUT2D eigenvalue weighted by Gasteiger charge is 2.38. The van der Waals surface area contributed by atoms with Gasteiger partial charge in [0.1, 0.15) is 0 Å². The Balaban J connectivity index is 1.65. The van der Waals surface area contributed by atoms with E-state index in [1.807, 2.05) is 30.3 Å². The molecule has 1 aromatic carbocycles. The number of carbonyl (C=O) groups is 1. The summed E-state index contributed by atoms with van der Waals surface area (Å²) in [6.07, 6.45) is -2.09. The number of halogens is 3. The van der Waals surface area contributed by atoms with Crippen LogP contribution in [0.2, 0.25) is 0 Å². The maximum atomic E-state index is 13.3. The normalized spacial score (nSPS) is 14.0. The smallest absolute Gasteiger partial charge is 0.351 e. The van der Waals surface area contributed by atoms with Crippen LogP contribution in [-0.2, 0) is 30.4 Å². The number of aryl methyl sites for hydroxylation is 1. The predicted octanol–water partition coefficient (Wildman–Crippen LogP) is 3.78. The molecule has 1 N–H and O–H groups in total. The number of hydrogen-bond donors (Lipinski definition) is 1. The van der Waals surface area contributed by atoms with Gasteiger partial charge in [0.2, 0.25) is 5.91 Å². The zero-order valence-corrected chi connectivity index (χ0v) is 14.8. The molecular weight excluding hydrogens is 363 g/mol. The zero-order valence-electron chi connectivity index (χ0n) is 14.0. The second-order valence-electron chi connectivity index (χ2n) is 6.04. The van der Waals surface area contributed by atoms with Gasteiger partial charge in [0, 0.05) is 17.8 Å². The molecule has 1 aromatic heterocycles. The average Bonchev–Trinajstić information content (AvgIpc) is 2.64. The van der Waals surface area contributed by atoms with E-state index < -0.39 is 11.9 Å². The molecular formula is C18H18F3N3OS. The summed E-state index contributed by atoms with van der Waals surface area (Å²) in [5, 5.41) is 2.75. The first kappa shape index (κ1) is 18.7. The van der Waals surface area contributed by atoms with E-state index >= 15 is 0 Å². The Kier molecular flexibility index (Phi) is 5.80. The van der Waals surface area contributed by atoms with Crippen LogP contribution in [0.4, 0.5) is 13.2 Å². The van der Waals surface area contributed by atoms with Gasteiger partial charge >= 0.3 is 6.18 Å². The number of carbonyl (C=O) groups excluding carboxylic acids is 1. The van der Waals surface area contributed by atoms with Crippen molar-refractivity contribution in [2.45, 2.75) is 43.6 Å². The van der Waals surface area contributed by atoms with Crippen LogP contribution >= 0.6 is 11.8 Å². The molecule has 1 heterocycles. The largest absolute Gasteiger partial charge is 0.433 e. The van der Waals surface area contributed by atoms with Gasteiger partial charge in [0.25, 0.3) is 0 Å². The Hall–Kier alpha value is -2.09. The molecule has 1 amide bonds. The second kappa shape index (κ2) is 8.07. The van der Waals surface area contributed by atoms with Crippen molar-refractivity contribution in [3.05, 3.63) is 52.8 Å². The van der Waals surface area contributed by atoms with Crippen LogP contribution < -0.4 is 5.32 Å². The number of thioether (sulfide) groups is 1. The zero-order chi connectivity index (χ0) is 18.6. The number of hydrogen-bond acceptors (Lipinski definition) is 4. The van der Waals surface area contributed by atoms with E-state index in [4.69, 9.17) is 0 Å². The van der Waals surface area contributed by atoms with Gasteiger partial charge in [-0.25, -0.2) is 9.97 Å². The molecule has 0 bridgehead atoms. The van der Waals surface area contributed by atoms with Gasteiger partial charge in [-0.1, -0.05) is 42.1 Å². The number of alkyl halides is 3. The summed E-state index contributed by atoms with van der Waals surface area (Å²) in [7, 11) is 0. The van der Waals surface area contributed by atoms with Crippen LogP contribution in [0.3, 0.4) is 0 Å². The lowest BCUT2D eigenvalue weighted by atomic mass is 9.94. The maximum absolute atomic E-state index is 13.3. The van der Waals surface area contributed by atoms with Gasteiger partial charge in [-0.15, -0.1) is 0 Å². The predicted molar refractivity (Wildman–Crippen MR) is 92.7 cm³/mol. The molecule has 0 atom stereocenters. The molecule has 0 saturated carbocycles. The van der Waals surface area contributed by atoms with Gasteiger partial charge in [0.15, 0.2) is 10.9 Å². The van der Waals surface area contributed by atoms with E-state index in [1.54, 1.807) is 0 Å². The van der Waals surface area contributed by atoms with E-state index in [-0.39, 0.29) is 22.4 Å². The summed E-state index contributed by atoms with van der Waals surface area (Å²) >= 11 is 0.933. The van der Waals surface area contributed by atoms with Crippen LogP contribution in [-0.4, -0.2) is 21.6 Å². The minimum absolute atomic E-state index is 0.00726. The van der Waals surface area contributed by atoms with Crippen molar-refractivity contribution in [1.82, 2.24) is 15.3 Å². The molecule has 4 nitrogen and oxygen atoms in total. The molecule has 1 aliphatic rings. The second-order valence-corrected chi connectivity index (χ2v) is 6.98. The Morgan fingerprint density at radius 3 is 2.58 bits per heavy atom. The number of nitrogens with one attached hydrogen (secondary N) is 1. The Bertz CT molecular complexity index is 781. The molecule has 8 heteroatoms. The van der Waals surface area contributed by atoms with E-state index in [1.165, 1.54) is 0 Å². The first-order chi connectivity index (χ1) is 12.4. The fourth-order valence-electron chi connectivity index (χ4n) is 2.85. The van der Waals surface area contributed by atoms with Crippen LogP contribution in [0, 0.1) is 0 Å². The number of aromatic nitrogens is 2. The van der Waals surface area contributed by atoms with Crippen molar-refractivity contribution in [3.63, 3.8) is 0 Å². The number of amides is 1. The molecule has 0 unspecified atom stereocenters. The van der Waals surface area contributed by atoms with Crippen molar-refractivity contribution in [2.75, 3.05) is 5.75 Å². The van der Waals surface area contributed by atoms with Crippen molar-refractivity contribution in [3.8, 4) is 0 Å². The van der Waals surface area contributed by atoms with Gasteiger partial charge in [-0.2, -0.15) is 13.2 Å². The molecule has 26 heavy (non-hydrogen) atoms. The first-order valence-electron chi connectivity index (χ1n) is 8.34. The Morgan fingerprint density at radius 1 is 1.12 bits per heavy atom. The fraction of sp³-hybridized carbons (Fsp3) is 0.389. The van der Waals surface area contributed by atoms with Crippen molar-refractivity contribution >= 4 is 17.7 Å². The number of benzene rings is 1. The molecule has 0 spiro atoms. The van der Waals surface area contributed by atoms with Crippen LogP contribution in [0.25, 0.3) is 0 Å². The van der Waals surface area contributed by atoms with E-state index in [9.17, 15) is 18.0 Å². The topological polar surface area (TPSA) is 54.9 Å². The Labute approximate surface area is 153 Å². The molecule has 0 saturated heterocycles. The minimum Gasteiger partial charge on any atom is -0.351 e. The number of fused-ring (bicyclic) bond motifs is 1. The monoisotopic (exact) mass is 381 g/mol. The third-order valence-corrected chi connectivity index (χ3v) is 4.94.